The first-order valence-electron chi connectivity index (χ1n) is 4.28. The fourth-order valence-electron chi connectivity index (χ4n) is 1.54. The predicted molar refractivity (Wildman–Crippen MR) is 43.1 cm³/mol. The van der Waals surface area contributed by atoms with Gasteiger partial charge in [0.25, 0.3) is 0 Å². The summed E-state index contributed by atoms with van der Waals surface area (Å²) in [6.45, 7) is 6.95. The Labute approximate surface area is 67.9 Å². The standard InChI is InChI=1S/C9H16O2/c1-6(2)4-8-5-11-9(10)7(8)3/h6-8H,4-5H2,1-3H3. The lowest BCUT2D eigenvalue weighted by Crippen LogP contribution is -2.13. The molecular formula is C9H16O2. The number of cyclic esters (lactones) is 1. The van der Waals surface area contributed by atoms with Gasteiger partial charge in [-0.05, 0) is 12.3 Å². The van der Waals surface area contributed by atoms with Crippen molar-refractivity contribution in [2.24, 2.45) is 17.8 Å². The lowest BCUT2D eigenvalue weighted by atomic mass is 9.89. The zero-order valence-corrected chi connectivity index (χ0v) is 7.46. The second-order valence-electron chi connectivity index (χ2n) is 3.81. The summed E-state index contributed by atoms with van der Waals surface area (Å²) >= 11 is 0. The lowest BCUT2D eigenvalue weighted by molar-refractivity contribution is -0.140. The van der Waals surface area contributed by atoms with Crippen LogP contribution in [0.5, 0.6) is 0 Å². The maximum atomic E-state index is 10.9. The van der Waals surface area contributed by atoms with E-state index in [9.17, 15) is 4.79 Å². The minimum atomic E-state index is -0.0179. The first-order valence-corrected chi connectivity index (χ1v) is 4.28. The van der Waals surface area contributed by atoms with Gasteiger partial charge in [-0.3, -0.25) is 4.79 Å². The van der Waals surface area contributed by atoms with Crippen LogP contribution in [0.15, 0.2) is 0 Å². The van der Waals surface area contributed by atoms with Crippen LogP contribution in [0, 0.1) is 17.8 Å². The molecular weight excluding hydrogens is 140 g/mol. The van der Waals surface area contributed by atoms with Crippen molar-refractivity contribution in [1.29, 1.82) is 0 Å². The number of rotatable bonds is 2. The molecule has 2 nitrogen and oxygen atoms in total. The van der Waals surface area contributed by atoms with E-state index in [0.29, 0.717) is 18.4 Å². The molecule has 1 heterocycles. The highest BCUT2D eigenvalue weighted by Crippen LogP contribution is 2.27. The van der Waals surface area contributed by atoms with Gasteiger partial charge >= 0.3 is 5.97 Å². The van der Waals surface area contributed by atoms with Crippen LogP contribution in [0.2, 0.25) is 0 Å². The molecule has 2 unspecified atom stereocenters. The number of carbonyl (C=O) groups is 1. The monoisotopic (exact) mass is 156 g/mol. The molecule has 0 aromatic rings. The van der Waals surface area contributed by atoms with Crippen molar-refractivity contribution in [3.63, 3.8) is 0 Å². The van der Waals surface area contributed by atoms with Crippen molar-refractivity contribution >= 4 is 5.97 Å². The molecule has 1 aliphatic heterocycles. The zero-order valence-electron chi connectivity index (χ0n) is 7.46. The van der Waals surface area contributed by atoms with Crippen molar-refractivity contribution in [2.45, 2.75) is 27.2 Å². The summed E-state index contributed by atoms with van der Waals surface area (Å²) in [5.74, 6) is 1.23. The minimum Gasteiger partial charge on any atom is -0.465 e. The molecule has 2 heteroatoms. The third kappa shape index (κ3) is 1.95. The molecule has 1 saturated heterocycles. The van der Waals surface area contributed by atoms with Gasteiger partial charge in [0.2, 0.25) is 0 Å². The maximum Gasteiger partial charge on any atom is 0.309 e. The van der Waals surface area contributed by atoms with Crippen molar-refractivity contribution in [3.05, 3.63) is 0 Å². The van der Waals surface area contributed by atoms with Gasteiger partial charge < -0.3 is 4.74 Å². The van der Waals surface area contributed by atoms with Gasteiger partial charge in [-0.1, -0.05) is 20.8 Å². The Hall–Kier alpha value is -0.530. The highest BCUT2D eigenvalue weighted by Gasteiger charge is 2.32. The van der Waals surface area contributed by atoms with E-state index in [1.807, 2.05) is 6.92 Å². The smallest absolute Gasteiger partial charge is 0.309 e. The third-order valence-electron chi connectivity index (χ3n) is 2.29. The van der Waals surface area contributed by atoms with Gasteiger partial charge in [-0.2, -0.15) is 0 Å². The highest BCUT2D eigenvalue weighted by molar-refractivity contribution is 5.74. The van der Waals surface area contributed by atoms with Crippen LogP contribution in [0.25, 0.3) is 0 Å². The normalized spacial score (nSPS) is 31.1. The van der Waals surface area contributed by atoms with Crippen LogP contribution in [-0.2, 0) is 9.53 Å². The van der Waals surface area contributed by atoms with Crippen LogP contribution in [0.3, 0.4) is 0 Å². The molecule has 0 aromatic carbocycles. The Morgan fingerprint density at radius 3 is 2.64 bits per heavy atom. The summed E-state index contributed by atoms with van der Waals surface area (Å²) in [6.07, 6.45) is 1.10. The van der Waals surface area contributed by atoms with Crippen molar-refractivity contribution in [3.8, 4) is 0 Å². The molecule has 0 bridgehead atoms. The summed E-state index contributed by atoms with van der Waals surface area (Å²) in [6, 6.07) is 0. The van der Waals surface area contributed by atoms with Crippen LogP contribution < -0.4 is 0 Å². The van der Waals surface area contributed by atoms with Crippen LogP contribution in [0.1, 0.15) is 27.2 Å². The van der Waals surface area contributed by atoms with E-state index in [1.54, 1.807) is 0 Å². The van der Waals surface area contributed by atoms with Crippen LogP contribution >= 0.6 is 0 Å². The molecule has 0 radical (unpaired) electrons. The second kappa shape index (κ2) is 3.24. The van der Waals surface area contributed by atoms with E-state index in [0.717, 1.165) is 6.42 Å². The predicted octanol–water partition coefficient (Wildman–Crippen LogP) is 1.84. The Kier molecular flexibility index (Phi) is 2.53. The topological polar surface area (TPSA) is 26.3 Å². The minimum absolute atomic E-state index is 0.0179. The van der Waals surface area contributed by atoms with Gasteiger partial charge in [0, 0.05) is 5.92 Å². The summed E-state index contributed by atoms with van der Waals surface area (Å²) < 4.78 is 4.94. The first-order chi connectivity index (χ1) is 5.11. The van der Waals surface area contributed by atoms with Crippen molar-refractivity contribution in [2.75, 3.05) is 6.61 Å². The Morgan fingerprint density at radius 1 is 1.64 bits per heavy atom. The van der Waals surface area contributed by atoms with Gasteiger partial charge in [0.15, 0.2) is 0 Å². The number of ether oxygens (including phenoxy) is 1. The molecule has 1 rings (SSSR count). The van der Waals surface area contributed by atoms with Gasteiger partial charge in [-0.25, -0.2) is 0 Å². The highest BCUT2D eigenvalue weighted by atomic mass is 16.5. The van der Waals surface area contributed by atoms with Gasteiger partial charge in [0.1, 0.15) is 0 Å². The molecule has 0 spiro atoms. The Bertz CT molecular complexity index is 152. The summed E-state index contributed by atoms with van der Waals surface area (Å²) in [5.41, 5.74) is 0. The fourth-order valence-corrected chi connectivity index (χ4v) is 1.54. The number of hydrogen-bond acceptors (Lipinski definition) is 2. The molecule has 11 heavy (non-hydrogen) atoms. The average molecular weight is 156 g/mol. The van der Waals surface area contributed by atoms with E-state index in [1.165, 1.54) is 0 Å². The van der Waals surface area contributed by atoms with E-state index in [-0.39, 0.29) is 11.9 Å². The van der Waals surface area contributed by atoms with Gasteiger partial charge in [0.05, 0.1) is 12.5 Å². The Balaban J connectivity index is 2.42. The second-order valence-corrected chi connectivity index (χ2v) is 3.81. The van der Waals surface area contributed by atoms with Gasteiger partial charge in [-0.15, -0.1) is 0 Å². The Morgan fingerprint density at radius 2 is 2.27 bits per heavy atom. The summed E-state index contributed by atoms with van der Waals surface area (Å²) in [4.78, 5) is 10.9. The molecule has 0 N–H and O–H groups in total. The van der Waals surface area contributed by atoms with E-state index < -0.39 is 0 Å². The first kappa shape index (κ1) is 8.57. The number of hydrogen-bond donors (Lipinski definition) is 0. The fraction of sp³-hybridized carbons (Fsp3) is 0.889. The van der Waals surface area contributed by atoms with Crippen LogP contribution in [-0.4, -0.2) is 12.6 Å². The lowest BCUT2D eigenvalue weighted by Gasteiger charge is -2.12. The van der Waals surface area contributed by atoms with Crippen LogP contribution in [0.4, 0.5) is 0 Å². The molecule has 0 amide bonds. The molecule has 0 aromatic heterocycles. The molecule has 0 aliphatic carbocycles. The largest absolute Gasteiger partial charge is 0.465 e. The third-order valence-corrected chi connectivity index (χ3v) is 2.29. The summed E-state index contributed by atoms with van der Waals surface area (Å²) in [5, 5.41) is 0. The SMILES string of the molecule is CC(C)CC1COC(=O)C1C. The molecule has 64 valence electrons. The maximum absolute atomic E-state index is 10.9. The molecule has 2 atom stereocenters. The van der Waals surface area contributed by atoms with E-state index in [2.05, 4.69) is 13.8 Å². The summed E-state index contributed by atoms with van der Waals surface area (Å²) in [7, 11) is 0. The van der Waals surface area contributed by atoms with E-state index in [4.69, 9.17) is 4.74 Å². The average Bonchev–Trinajstić information content (AvgIpc) is 2.18. The number of carbonyl (C=O) groups excluding carboxylic acids is 1. The van der Waals surface area contributed by atoms with E-state index >= 15 is 0 Å². The molecule has 1 fully saturated rings. The number of esters is 1. The molecule has 0 saturated carbocycles. The quantitative estimate of drug-likeness (QED) is 0.570. The zero-order chi connectivity index (χ0) is 8.43. The molecule has 1 aliphatic rings. The van der Waals surface area contributed by atoms with Crippen molar-refractivity contribution in [1.82, 2.24) is 0 Å². The van der Waals surface area contributed by atoms with Crippen molar-refractivity contribution < 1.29 is 9.53 Å².